The first-order valence-corrected chi connectivity index (χ1v) is 11.3. The fraction of sp³-hybridized carbons (Fsp3) is 0.389. The predicted octanol–water partition coefficient (Wildman–Crippen LogP) is 3.51. The molecule has 1 aromatic carbocycles. The fourth-order valence-corrected chi connectivity index (χ4v) is 5.99. The summed E-state index contributed by atoms with van der Waals surface area (Å²) >= 11 is 7.27. The predicted molar refractivity (Wildman–Crippen MR) is 110 cm³/mol. The maximum atomic E-state index is 12.8. The molecule has 1 aliphatic rings. The van der Waals surface area contributed by atoms with Gasteiger partial charge in [-0.2, -0.15) is 4.31 Å². The molecule has 3 rings (SSSR count). The molecule has 1 aromatic heterocycles. The molecule has 9 heteroatoms. The van der Waals surface area contributed by atoms with Gasteiger partial charge in [0.2, 0.25) is 5.91 Å². The van der Waals surface area contributed by atoms with Gasteiger partial charge in [0.25, 0.3) is 10.0 Å². The van der Waals surface area contributed by atoms with Crippen LogP contribution in [0.5, 0.6) is 0 Å². The summed E-state index contributed by atoms with van der Waals surface area (Å²) in [6.07, 6.45) is 1.30. The molecule has 2 heterocycles. The van der Waals surface area contributed by atoms with Crippen LogP contribution in [0.15, 0.2) is 39.9 Å². The Labute approximate surface area is 168 Å². The highest BCUT2D eigenvalue weighted by molar-refractivity contribution is 7.91. The zero-order valence-corrected chi connectivity index (χ0v) is 17.6. The van der Waals surface area contributed by atoms with Gasteiger partial charge in [-0.15, -0.1) is 11.3 Å². The average Bonchev–Trinajstić information content (AvgIpc) is 3.17. The Morgan fingerprint density at radius 3 is 2.78 bits per heavy atom. The summed E-state index contributed by atoms with van der Waals surface area (Å²) in [7, 11) is 0.224. The Hall–Kier alpha value is -1.61. The average molecular weight is 428 g/mol. The fourth-order valence-electron chi connectivity index (χ4n) is 3.15. The van der Waals surface area contributed by atoms with E-state index in [1.165, 1.54) is 15.6 Å². The van der Waals surface area contributed by atoms with Gasteiger partial charge >= 0.3 is 0 Å². The van der Waals surface area contributed by atoms with Crippen molar-refractivity contribution < 1.29 is 13.2 Å². The summed E-state index contributed by atoms with van der Waals surface area (Å²) in [5.74, 6) is -0.589. The van der Waals surface area contributed by atoms with Gasteiger partial charge in [-0.3, -0.25) is 4.79 Å². The van der Waals surface area contributed by atoms with E-state index in [1.54, 1.807) is 29.6 Å². The molecule has 27 heavy (non-hydrogen) atoms. The van der Waals surface area contributed by atoms with Gasteiger partial charge in [0.05, 0.1) is 17.3 Å². The van der Waals surface area contributed by atoms with E-state index < -0.39 is 15.9 Å². The van der Waals surface area contributed by atoms with E-state index in [9.17, 15) is 13.2 Å². The highest BCUT2D eigenvalue weighted by atomic mass is 35.5. The molecule has 1 amide bonds. The lowest BCUT2D eigenvalue weighted by Crippen LogP contribution is -2.43. The van der Waals surface area contributed by atoms with Gasteiger partial charge in [0, 0.05) is 32.2 Å². The number of nitrogens with zero attached hydrogens (tertiary/aromatic N) is 2. The number of benzene rings is 1. The molecule has 1 atom stereocenters. The molecule has 0 saturated carbocycles. The molecule has 0 radical (unpaired) electrons. The number of carbonyl (C=O) groups excluding carboxylic acids is 1. The lowest BCUT2D eigenvalue weighted by Gasteiger charge is -2.31. The third-order valence-corrected chi connectivity index (χ3v) is 8.02. The van der Waals surface area contributed by atoms with Crippen LogP contribution < -0.4 is 10.2 Å². The second-order valence-corrected chi connectivity index (χ2v) is 10.2. The molecule has 6 nitrogen and oxygen atoms in total. The van der Waals surface area contributed by atoms with Gasteiger partial charge in [0.1, 0.15) is 4.21 Å². The number of rotatable bonds is 5. The second-order valence-electron chi connectivity index (χ2n) is 6.68. The van der Waals surface area contributed by atoms with E-state index in [-0.39, 0.29) is 12.5 Å². The van der Waals surface area contributed by atoms with Crippen molar-refractivity contribution in [3.05, 3.63) is 40.7 Å². The number of hydrogen-bond acceptors (Lipinski definition) is 5. The Morgan fingerprint density at radius 2 is 2.11 bits per heavy atom. The molecule has 1 fully saturated rings. The second kappa shape index (κ2) is 8.18. The van der Waals surface area contributed by atoms with Crippen LogP contribution in [0.3, 0.4) is 0 Å². The van der Waals surface area contributed by atoms with E-state index in [1.807, 2.05) is 25.1 Å². The smallest absolute Gasteiger partial charge is 0.252 e. The number of sulfonamides is 1. The van der Waals surface area contributed by atoms with Crippen LogP contribution >= 0.6 is 22.9 Å². The van der Waals surface area contributed by atoms with Gasteiger partial charge in [-0.25, -0.2) is 8.42 Å². The topological polar surface area (TPSA) is 69.7 Å². The zero-order chi connectivity index (χ0) is 19.6. The summed E-state index contributed by atoms with van der Waals surface area (Å²) in [6.45, 7) is 0.619. The minimum atomic E-state index is -3.54. The molecule has 0 aliphatic carbocycles. The zero-order valence-electron chi connectivity index (χ0n) is 15.2. The van der Waals surface area contributed by atoms with Crippen LogP contribution in [0.2, 0.25) is 5.02 Å². The molecule has 0 bridgehead atoms. The van der Waals surface area contributed by atoms with Gasteiger partial charge < -0.3 is 10.2 Å². The first kappa shape index (κ1) is 20.1. The maximum absolute atomic E-state index is 12.8. The lowest BCUT2D eigenvalue weighted by atomic mass is 9.98. The molecule has 1 N–H and O–H groups in total. The van der Waals surface area contributed by atoms with E-state index in [0.29, 0.717) is 34.3 Å². The molecule has 2 aromatic rings. The highest BCUT2D eigenvalue weighted by Crippen LogP contribution is 2.30. The van der Waals surface area contributed by atoms with Crippen LogP contribution in [0.25, 0.3) is 0 Å². The summed E-state index contributed by atoms with van der Waals surface area (Å²) in [5.41, 5.74) is 1.46. The normalized spacial score (nSPS) is 18.3. The molecular weight excluding hydrogens is 406 g/mol. The molecule has 1 saturated heterocycles. The molecular formula is C18H22ClN3O3S2. The number of carbonyl (C=O) groups is 1. The lowest BCUT2D eigenvalue weighted by molar-refractivity contribution is -0.120. The van der Waals surface area contributed by atoms with Gasteiger partial charge in [0.15, 0.2) is 0 Å². The molecule has 0 spiro atoms. The first-order valence-electron chi connectivity index (χ1n) is 8.60. The maximum Gasteiger partial charge on any atom is 0.252 e. The van der Waals surface area contributed by atoms with E-state index in [2.05, 4.69) is 5.32 Å². The summed E-state index contributed by atoms with van der Waals surface area (Å²) in [6, 6.07) is 8.62. The first-order chi connectivity index (χ1) is 12.8. The van der Waals surface area contributed by atoms with Crippen molar-refractivity contribution in [1.29, 1.82) is 0 Å². The van der Waals surface area contributed by atoms with Crippen LogP contribution in [-0.2, 0) is 14.8 Å². The Morgan fingerprint density at radius 1 is 1.33 bits per heavy atom. The largest absolute Gasteiger partial charge is 0.376 e. The van der Waals surface area contributed by atoms with Crippen molar-refractivity contribution in [2.75, 3.05) is 37.4 Å². The molecule has 1 unspecified atom stereocenters. The van der Waals surface area contributed by atoms with E-state index in [4.69, 9.17) is 11.6 Å². The van der Waals surface area contributed by atoms with Crippen molar-refractivity contribution in [2.24, 2.45) is 5.92 Å². The van der Waals surface area contributed by atoms with E-state index in [0.717, 1.165) is 5.69 Å². The molecule has 146 valence electrons. The van der Waals surface area contributed by atoms with Gasteiger partial charge in [-0.1, -0.05) is 17.7 Å². The third kappa shape index (κ3) is 4.45. The van der Waals surface area contributed by atoms with Crippen LogP contribution in [0.4, 0.5) is 11.4 Å². The Kier molecular flexibility index (Phi) is 6.10. The number of thiophene rings is 1. The number of hydrogen-bond donors (Lipinski definition) is 1. The number of anilines is 2. The quantitative estimate of drug-likeness (QED) is 0.792. The Bertz CT molecular complexity index is 914. The number of halogens is 1. The third-order valence-electron chi connectivity index (χ3n) is 4.54. The van der Waals surface area contributed by atoms with Crippen LogP contribution in [0, 0.1) is 5.92 Å². The number of nitrogens with one attached hydrogen (secondary N) is 1. The van der Waals surface area contributed by atoms with Crippen molar-refractivity contribution in [3.63, 3.8) is 0 Å². The minimum absolute atomic E-state index is 0.184. The van der Waals surface area contributed by atoms with E-state index >= 15 is 0 Å². The molecule has 1 aliphatic heterocycles. The van der Waals surface area contributed by atoms with Crippen LogP contribution in [0.1, 0.15) is 12.8 Å². The summed E-state index contributed by atoms with van der Waals surface area (Å²) < 4.78 is 27.2. The minimum Gasteiger partial charge on any atom is -0.376 e. The number of amides is 1. The SMILES string of the molecule is CN(C)c1ccc(Cl)cc1NC(=O)C1CCCN(S(=O)(=O)c2cccs2)C1. The van der Waals surface area contributed by atoms with Crippen molar-refractivity contribution in [2.45, 2.75) is 17.1 Å². The van der Waals surface area contributed by atoms with Crippen molar-refractivity contribution in [1.82, 2.24) is 4.31 Å². The van der Waals surface area contributed by atoms with Gasteiger partial charge in [-0.05, 0) is 42.5 Å². The van der Waals surface area contributed by atoms with Crippen molar-refractivity contribution in [3.8, 4) is 0 Å². The summed E-state index contributed by atoms with van der Waals surface area (Å²) in [5, 5.41) is 5.19. The Balaban J connectivity index is 1.75. The standard InChI is InChI=1S/C18H22ClN3O3S2/c1-21(2)16-8-7-14(19)11-15(16)20-18(23)13-5-3-9-22(12-13)27(24,25)17-6-4-10-26-17/h4,6-8,10-11,13H,3,5,9,12H2,1-2H3,(H,20,23). The number of piperidine rings is 1. The summed E-state index contributed by atoms with van der Waals surface area (Å²) in [4.78, 5) is 14.7. The monoisotopic (exact) mass is 427 g/mol. The van der Waals surface area contributed by atoms with Crippen LogP contribution in [-0.4, -0.2) is 45.8 Å². The van der Waals surface area contributed by atoms with Crippen molar-refractivity contribution >= 4 is 50.2 Å². The highest BCUT2D eigenvalue weighted by Gasteiger charge is 2.34.